The van der Waals surface area contributed by atoms with Crippen LogP contribution >= 0.6 is 0 Å². The average Bonchev–Trinajstić information content (AvgIpc) is 2.71. The van der Waals surface area contributed by atoms with Crippen molar-refractivity contribution >= 4 is 10.0 Å². The van der Waals surface area contributed by atoms with Gasteiger partial charge in [-0.15, -0.1) is 0 Å². The number of hydrogen-bond donors (Lipinski definition) is 3. The van der Waals surface area contributed by atoms with Gasteiger partial charge in [-0.25, -0.2) is 13.1 Å². The quantitative estimate of drug-likeness (QED) is 0.685. The van der Waals surface area contributed by atoms with Crippen LogP contribution in [0, 0.1) is 0 Å². The first kappa shape index (κ1) is 10.7. The lowest BCUT2D eigenvalue weighted by atomic mass is 10.1. The SMILES string of the molecule is O=S(=O)(N[C@H]1CCCNC1)c1cc[nH]c1. The second-order valence-corrected chi connectivity index (χ2v) is 5.43. The van der Waals surface area contributed by atoms with Crippen LogP contribution in [0.2, 0.25) is 0 Å². The zero-order valence-corrected chi connectivity index (χ0v) is 9.18. The fourth-order valence-electron chi connectivity index (χ4n) is 1.72. The highest BCUT2D eigenvalue weighted by Gasteiger charge is 2.21. The summed E-state index contributed by atoms with van der Waals surface area (Å²) in [6.07, 6.45) is 5.00. The van der Waals surface area contributed by atoms with E-state index < -0.39 is 10.0 Å². The van der Waals surface area contributed by atoms with E-state index in [1.807, 2.05) is 0 Å². The molecular formula is C9H15N3O2S. The largest absolute Gasteiger partial charge is 0.366 e. The highest BCUT2D eigenvalue weighted by atomic mass is 32.2. The van der Waals surface area contributed by atoms with Crippen molar-refractivity contribution in [2.45, 2.75) is 23.8 Å². The minimum absolute atomic E-state index is 0.0126. The van der Waals surface area contributed by atoms with Gasteiger partial charge in [-0.1, -0.05) is 0 Å². The van der Waals surface area contributed by atoms with Gasteiger partial charge in [0.05, 0.1) is 4.90 Å². The maximum Gasteiger partial charge on any atom is 0.242 e. The minimum atomic E-state index is -3.34. The molecule has 0 radical (unpaired) electrons. The summed E-state index contributed by atoms with van der Waals surface area (Å²) in [5.41, 5.74) is 0. The zero-order valence-electron chi connectivity index (χ0n) is 8.36. The van der Waals surface area contributed by atoms with Gasteiger partial charge in [0.25, 0.3) is 0 Å². The Bertz CT molecular complexity index is 393. The van der Waals surface area contributed by atoms with E-state index >= 15 is 0 Å². The smallest absolute Gasteiger partial charge is 0.242 e. The predicted octanol–water partition coefficient (Wildman–Crippen LogP) is 0.0450. The van der Waals surface area contributed by atoms with Crippen molar-refractivity contribution in [2.24, 2.45) is 0 Å². The third-order valence-electron chi connectivity index (χ3n) is 2.50. The first-order valence-electron chi connectivity index (χ1n) is 5.04. The summed E-state index contributed by atoms with van der Waals surface area (Å²) >= 11 is 0. The molecule has 0 aromatic carbocycles. The molecule has 1 aromatic rings. The molecule has 2 heterocycles. The Morgan fingerprint density at radius 1 is 1.47 bits per heavy atom. The van der Waals surface area contributed by atoms with Crippen LogP contribution in [0.25, 0.3) is 0 Å². The van der Waals surface area contributed by atoms with Gasteiger partial charge in [-0.2, -0.15) is 0 Å². The Kier molecular flexibility index (Phi) is 3.08. The van der Waals surface area contributed by atoms with Gasteiger partial charge in [0.2, 0.25) is 10.0 Å². The monoisotopic (exact) mass is 229 g/mol. The standard InChI is InChI=1S/C9H15N3O2S/c13-15(14,9-3-5-11-7-9)12-8-2-1-4-10-6-8/h3,5,7-8,10-12H,1-2,4,6H2/t8-/m0/s1. The number of nitrogens with one attached hydrogen (secondary N) is 3. The van der Waals surface area contributed by atoms with Crippen molar-refractivity contribution in [3.8, 4) is 0 Å². The summed E-state index contributed by atoms with van der Waals surface area (Å²) in [4.78, 5) is 3.04. The molecule has 0 amide bonds. The molecule has 3 N–H and O–H groups in total. The Morgan fingerprint density at radius 3 is 2.93 bits per heavy atom. The molecule has 6 heteroatoms. The molecule has 1 atom stereocenters. The predicted molar refractivity (Wildman–Crippen MR) is 57.0 cm³/mol. The molecule has 0 saturated carbocycles. The Labute approximate surface area is 89.3 Å². The first-order valence-corrected chi connectivity index (χ1v) is 6.53. The number of aromatic amines is 1. The summed E-state index contributed by atoms with van der Waals surface area (Å²) in [7, 11) is -3.34. The van der Waals surface area contributed by atoms with E-state index in [4.69, 9.17) is 0 Å². The molecule has 1 saturated heterocycles. The van der Waals surface area contributed by atoms with Crippen LogP contribution < -0.4 is 10.0 Å². The van der Waals surface area contributed by atoms with Gasteiger partial charge in [-0.3, -0.25) is 0 Å². The van der Waals surface area contributed by atoms with Crippen molar-refractivity contribution in [1.29, 1.82) is 0 Å². The van der Waals surface area contributed by atoms with Crippen LogP contribution in [0.1, 0.15) is 12.8 Å². The molecule has 84 valence electrons. The first-order chi connectivity index (χ1) is 7.18. The number of hydrogen-bond acceptors (Lipinski definition) is 3. The highest BCUT2D eigenvalue weighted by molar-refractivity contribution is 7.89. The molecule has 1 aliphatic rings. The summed E-state index contributed by atoms with van der Waals surface area (Å²) in [6, 6.07) is 1.57. The molecule has 0 spiro atoms. The van der Waals surface area contributed by atoms with E-state index in [1.165, 1.54) is 6.20 Å². The van der Waals surface area contributed by atoms with E-state index in [1.54, 1.807) is 12.3 Å². The molecule has 2 rings (SSSR count). The lowest BCUT2D eigenvalue weighted by Gasteiger charge is -2.23. The fourth-order valence-corrected chi connectivity index (χ4v) is 2.96. The highest BCUT2D eigenvalue weighted by Crippen LogP contribution is 2.10. The van der Waals surface area contributed by atoms with Gasteiger partial charge in [0.1, 0.15) is 0 Å². The van der Waals surface area contributed by atoms with Gasteiger partial charge in [-0.05, 0) is 25.5 Å². The average molecular weight is 229 g/mol. The van der Waals surface area contributed by atoms with Crippen molar-refractivity contribution < 1.29 is 8.42 Å². The maximum atomic E-state index is 11.8. The van der Waals surface area contributed by atoms with Gasteiger partial charge >= 0.3 is 0 Å². The van der Waals surface area contributed by atoms with Gasteiger partial charge in [0, 0.05) is 25.0 Å². The Hall–Kier alpha value is -0.850. The minimum Gasteiger partial charge on any atom is -0.366 e. The molecule has 15 heavy (non-hydrogen) atoms. The van der Waals surface area contributed by atoms with Crippen molar-refractivity contribution in [2.75, 3.05) is 13.1 Å². The van der Waals surface area contributed by atoms with E-state index in [-0.39, 0.29) is 6.04 Å². The van der Waals surface area contributed by atoms with Crippen LogP contribution in [0.3, 0.4) is 0 Å². The number of piperidine rings is 1. The van der Waals surface area contributed by atoms with Gasteiger partial charge in [0.15, 0.2) is 0 Å². The van der Waals surface area contributed by atoms with Crippen LogP contribution in [0.15, 0.2) is 23.4 Å². The summed E-state index contributed by atoms with van der Waals surface area (Å²) < 4.78 is 26.3. The molecule has 1 aliphatic heterocycles. The van der Waals surface area contributed by atoms with E-state index in [0.29, 0.717) is 11.4 Å². The second-order valence-electron chi connectivity index (χ2n) is 3.71. The van der Waals surface area contributed by atoms with Gasteiger partial charge < -0.3 is 10.3 Å². The third kappa shape index (κ3) is 2.58. The maximum absolute atomic E-state index is 11.8. The molecule has 0 aliphatic carbocycles. The molecule has 0 bridgehead atoms. The molecule has 5 nitrogen and oxygen atoms in total. The molecule has 0 unspecified atom stereocenters. The van der Waals surface area contributed by atoms with Crippen LogP contribution in [0.4, 0.5) is 0 Å². The molecule has 1 fully saturated rings. The number of sulfonamides is 1. The van der Waals surface area contributed by atoms with Crippen LogP contribution in [0.5, 0.6) is 0 Å². The second kappa shape index (κ2) is 4.34. The lowest BCUT2D eigenvalue weighted by molar-refractivity contribution is 0.428. The lowest BCUT2D eigenvalue weighted by Crippen LogP contribution is -2.45. The third-order valence-corrected chi connectivity index (χ3v) is 4.02. The number of H-pyrrole nitrogens is 1. The Balaban J connectivity index is 2.04. The molecule has 1 aromatic heterocycles. The summed E-state index contributed by atoms with van der Waals surface area (Å²) in [5.74, 6) is 0. The summed E-state index contributed by atoms with van der Waals surface area (Å²) in [5, 5.41) is 3.17. The van der Waals surface area contributed by atoms with Crippen molar-refractivity contribution in [1.82, 2.24) is 15.0 Å². The number of rotatable bonds is 3. The summed E-state index contributed by atoms with van der Waals surface area (Å²) in [6.45, 7) is 1.69. The van der Waals surface area contributed by atoms with E-state index in [2.05, 4.69) is 15.0 Å². The topological polar surface area (TPSA) is 74.0 Å². The molecular weight excluding hydrogens is 214 g/mol. The van der Waals surface area contributed by atoms with Crippen LogP contribution in [-0.2, 0) is 10.0 Å². The zero-order chi connectivity index (χ0) is 10.7. The van der Waals surface area contributed by atoms with E-state index in [9.17, 15) is 8.42 Å². The fraction of sp³-hybridized carbons (Fsp3) is 0.556. The van der Waals surface area contributed by atoms with E-state index in [0.717, 1.165) is 19.4 Å². The van der Waals surface area contributed by atoms with Crippen molar-refractivity contribution in [3.63, 3.8) is 0 Å². The van der Waals surface area contributed by atoms with Crippen molar-refractivity contribution in [3.05, 3.63) is 18.5 Å². The normalized spacial score (nSPS) is 22.8. The van der Waals surface area contributed by atoms with Crippen LogP contribution in [-0.4, -0.2) is 32.5 Å². The Morgan fingerprint density at radius 2 is 2.33 bits per heavy atom. The number of aromatic nitrogens is 1.